The first-order valence-corrected chi connectivity index (χ1v) is 6.48. The van der Waals surface area contributed by atoms with Crippen molar-refractivity contribution in [3.05, 3.63) is 47.0 Å². The fourth-order valence-electron chi connectivity index (χ4n) is 1.62. The van der Waals surface area contributed by atoms with Gasteiger partial charge in [-0.3, -0.25) is 0 Å². The van der Waals surface area contributed by atoms with E-state index in [0.29, 0.717) is 12.2 Å². The number of nitrogens with one attached hydrogen (secondary N) is 1. The molecule has 0 bridgehead atoms. The zero-order valence-electron chi connectivity index (χ0n) is 11.2. The summed E-state index contributed by atoms with van der Waals surface area (Å²) < 4.78 is 15.4. The largest absolute Gasteiger partial charge is 0.306 e. The molecule has 3 nitrogen and oxygen atoms in total. The second-order valence-electron chi connectivity index (χ2n) is 5.43. The van der Waals surface area contributed by atoms with Crippen LogP contribution in [0.25, 0.3) is 5.69 Å². The molecule has 19 heavy (non-hydrogen) atoms. The van der Waals surface area contributed by atoms with E-state index >= 15 is 0 Å². The lowest BCUT2D eigenvalue weighted by Crippen LogP contribution is -2.35. The number of hydrogen-bond donors (Lipinski definition) is 1. The molecule has 0 fully saturated rings. The third kappa shape index (κ3) is 3.55. The molecule has 0 saturated carbocycles. The van der Waals surface area contributed by atoms with Crippen molar-refractivity contribution in [3.8, 4) is 5.69 Å². The molecular weight excluding hydrogens is 265 g/mol. The average Bonchev–Trinajstić information content (AvgIpc) is 2.78. The molecule has 0 saturated heterocycles. The summed E-state index contributed by atoms with van der Waals surface area (Å²) in [7, 11) is 0. The predicted molar refractivity (Wildman–Crippen MR) is 75.1 cm³/mol. The second-order valence-corrected chi connectivity index (χ2v) is 5.84. The average molecular weight is 282 g/mol. The molecule has 0 unspecified atom stereocenters. The van der Waals surface area contributed by atoms with Crippen LogP contribution in [0.15, 0.2) is 30.5 Å². The number of aromatic nitrogens is 2. The van der Waals surface area contributed by atoms with Crippen molar-refractivity contribution in [2.24, 2.45) is 0 Å². The van der Waals surface area contributed by atoms with E-state index in [9.17, 15) is 4.39 Å². The predicted octanol–water partition coefficient (Wildman–Crippen LogP) is 3.55. The first-order valence-electron chi connectivity index (χ1n) is 6.11. The molecule has 1 aromatic carbocycles. The minimum absolute atomic E-state index is 0.0189. The third-order valence-corrected chi connectivity index (χ3v) is 2.91. The normalized spacial score (nSPS) is 11.8. The van der Waals surface area contributed by atoms with Crippen molar-refractivity contribution in [1.29, 1.82) is 0 Å². The lowest BCUT2D eigenvalue weighted by Gasteiger charge is -2.19. The van der Waals surface area contributed by atoms with E-state index < -0.39 is 5.82 Å². The van der Waals surface area contributed by atoms with Crippen molar-refractivity contribution in [2.75, 3.05) is 0 Å². The summed E-state index contributed by atoms with van der Waals surface area (Å²) in [6, 6.07) is 6.73. The molecule has 0 aliphatic rings. The maximum Gasteiger partial charge on any atom is 0.167 e. The van der Waals surface area contributed by atoms with Gasteiger partial charge in [-0.15, -0.1) is 0 Å². The Labute approximate surface area is 117 Å². The highest BCUT2D eigenvalue weighted by Gasteiger charge is 2.12. The number of halogens is 2. The fraction of sp³-hybridized carbons (Fsp3) is 0.357. The Kier molecular flexibility index (Phi) is 3.92. The van der Waals surface area contributed by atoms with Crippen molar-refractivity contribution < 1.29 is 4.39 Å². The summed E-state index contributed by atoms with van der Waals surface area (Å²) in [5, 5.41) is 7.77. The Bertz CT molecular complexity index is 572. The number of rotatable bonds is 3. The first-order chi connectivity index (χ1) is 8.87. The van der Waals surface area contributed by atoms with E-state index in [-0.39, 0.29) is 10.6 Å². The molecule has 5 heteroatoms. The van der Waals surface area contributed by atoms with Gasteiger partial charge in [-0.25, -0.2) is 9.07 Å². The van der Waals surface area contributed by atoms with Crippen molar-refractivity contribution >= 4 is 11.6 Å². The summed E-state index contributed by atoms with van der Waals surface area (Å²) in [4.78, 5) is 0. The molecular formula is C14H17ClFN3. The molecule has 0 radical (unpaired) electrons. The topological polar surface area (TPSA) is 29.9 Å². The van der Waals surface area contributed by atoms with E-state index in [4.69, 9.17) is 11.6 Å². The molecule has 102 valence electrons. The lowest BCUT2D eigenvalue weighted by atomic mass is 10.1. The number of hydrogen-bond acceptors (Lipinski definition) is 2. The van der Waals surface area contributed by atoms with Crippen LogP contribution in [-0.4, -0.2) is 15.3 Å². The molecule has 0 amide bonds. The molecule has 2 rings (SSSR count). The highest BCUT2D eigenvalue weighted by atomic mass is 35.5. The van der Waals surface area contributed by atoms with Gasteiger partial charge in [0.05, 0.1) is 10.7 Å². The van der Waals surface area contributed by atoms with E-state index in [1.54, 1.807) is 18.3 Å². The zero-order valence-corrected chi connectivity index (χ0v) is 12.0. The number of nitrogens with zero attached hydrogens (tertiary/aromatic N) is 2. The van der Waals surface area contributed by atoms with Crippen molar-refractivity contribution in [2.45, 2.75) is 32.9 Å². The van der Waals surface area contributed by atoms with E-state index in [1.165, 1.54) is 10.7 Å². The second kappa shape index (κ2) is 5.31. The minimum Gasteiger partial charge on any atom is -0.306 e. The maximum absolute atomic E-state index is 13.9. The quantitative estimate of drug-likeness (QED) is 0.932. The summed E-state index contributed by atoms with van der Waals surface area (Å²) in [5.41, 5.74) is 1.23. The number of benzene rings is 1. The van der Waals surface area contributed by atoms with Gasteiger partial charge in [0.25, 0.3) is 0 Å². The van der Waals surface area contributed by atoms with Crippen LogP contribution in [0.4, 0.5) is 4.39 Å². The van der Waals surface area contributed by atoms with Gasteiger partial charge in [0.15, 0.2) is 5.82 Å². The fourth-order valence-corrected chi connectivity index (χ4v) is 1.78. The van der Waals surface area contributed by atoms with Crippen LogP contribution in [-0.2, 0) is 6.54 Å². The SMILES string of the molecule is CC(C)(C)NCc1ccn(-c2cccc(Cl)c2F)n1. The maximum atomic E-state index is 13.9. The van der Waals surface area contributed by atoms with Crippen LogP contribution >= 0.6 is 11.6 Å². The third-order valence-electron chi connectivity index (χ3n) is 2.62. The molecule has 0 spiro atoms. The Hall–Kier alpha value is -1.39. The van der Waals surface area contributed by atoms with Crippen molar-refractivity contribution in [3.63, 3.8) is 0 Å². The molecule has 0 aliphatic heterocycles. The van der Waals surface area contributed by atoms with Gasteiger partial charge in [0.2, 0.25) is 0 Å². The van der Waals surface area contributed by atoms with Crippen LogP contribution < -0.4 is 5.32 Å². The summed E-state index contributed by atoms with van der Waals surface area (Å²) in [6.07, 6.45) is 1.73. The summed E-state index contributed by atoms with van der Waals surface area (Å²) in [5.74, 6) is -0.456. The minimum atomic E-state index is -0.456. The molecule has 1 aromatic heterocycles. The molecule has 1 heterocycles. The Morgan fingerprint density at radius 3 is 2.74 bits per heavy atom. The van der Waals surface area contributed by atoms with E-state index in [1.807, 2.05) is 6.07 Å². The van der Waals surface area contributed by atoms with Gasteiger partial charge in [-0.1, -0.05) is 17.7 Å². The zero-order chi connectivity index (χ0) is 14.0. The Morgan fingerprint density at radius 1 is 1.32 bits per heavy atom. The highest BCUT2D eigenvalue weighted by Crippen LogP contribution is 2.20. The van der Waals surface area contributed by atoms with Gasteiger partial charge in [0.1, 0.15) is 5.69 Å². The summed E-state index contributed by atoms with van der Waals surface area (Å²) in [6.45, 7) is 6.89. The van der Waals surface area contributed by atoms with Crippen LogP contribution in [0, 0.1) is 5.82 Å². The standard InChI is InChI=1S/C14H17ClFN3/c1-14(2,3)17-9-10-7-8-19(18-10)12-6-4-5-11(15)13(12)16/h4-8,17H,9H2,1-3H3. The first kappa shape index (κ1) is 14.0. The smallest absolute Gasteiger partial charge is 0.167 e. The van der Waals surface area contributed by atoms with Crippen LogP contribution in [0.2, 0.25) is 5.02 Å². The lowest BCUT2D eigenvalue weighted by molar-refractivity contribution is 0.420. The van der Waals surface area contributed by atoms with Gasteiger partial charge >= 0.3 is 0 Å². The van der Waals surface area contributed by atoms with E-state index in [2.05, 4.69) is 31.2 Å². The molecule has 1 N–H and O–H groups in total. The van der Waals surface area contributed by atoms with Crippen LogP contribution in [0.5, 0.6) is 0 Å². The van der Waals surface area contributed by atoms with Crippen LogP contribution in [0.3, 0.4) is 0 Å². The molecule has 0 aliphatic carbocycles. The van der Waals surface area contributed by atoms with Gasteiger partial charge in [-0.05, 0) is 39.0 Å². The molecule has 2 aromatic rings. The van der Waals surface area contributed by atoms with Crippen molar-refractivity contribution in [1.82, 2.24) is 15.1 Å². The van der Waals surface area contributed by atoms with E-state index in [0.717, 1.165) is 5.69 Å². The van der Waals surface area contributed by atoms with Gasteiger partial charge < -0.3 is 5.32 Å². The van der Waals surface area contributed by atoms with Crippen LogP contribution in [0.1, 0.15) is 26.5 Å². The Morgan fingerprint density at radius 2 is 2.05 bits per heavy atom. The highest BCUT2D eigenvalue weighted by molar-refractivity contribution is 6.30. The summed E-state index contributed by atoms with van der Waals surface area (Å²) >= 11 is 5.76. The van der Waals surface area contributed by atoms with Gasteiger partial charge in [-0.2, -0.15) is 5.10 Å². The van der Waals surface area contributed by atoms with Gasteiger partial charge in [0, 0.05) is 18.3 Å². The Balaban J connectivity index is 2.19. The monoisotopic (exact) mass is 281 g/mol. The molecule has 0 atom stereocenters.